The molecule has 7 heteroatoms. The van der Waals surface area contributed by atoms with Crippen molar-refractivity contribution >= 4 is 33.7 Å². The van der Waals surface area contributed by atoms with Crippen LogP contribution in [0.4, 0.5) is 0 Å². The number of ether oxygens (including phenoxy) is 1. The van der Waals surface area contributed by atoms with E-state index in [1.165, 1.54) is 21.4 Å². The number of benzene rings is 1. The first-order valence-corrected chi connectivity index (χ1v) is 9.54. The Morgan fingerprint density at radius 2 is 2.04 bits per heavy atom. The summed E-state index contributed by atoms with van der Waals surface area (Å²) >= 11 is 2.98. The van der Waals surface area contributed by atoms with Crippen LogP contribution in [0.1, 0.15) is 17.4 Å². The molecule has 0 unspecified atom stereocenters. The molecule has 0 aliphatic heterocycles. The van der Waals surface area contributed by atoms with Crippen molar-refractivity contribution in [1.29, 1.82) is 0 Å². The third-order valence-corrected chi connectivity index (χ3v) is 5.69. The highest BCUT2D eigenvalue weighted by atomic mass is 32.1. The zero-order valence-electron chi connectivity index (χ0n) is 13.7. The van der Waals surface area contributed by atoms with Gasteiger partial charge in [0, 0.05) is 10.4 Å². The molecule has 0 atom stereocenters. The summed E-state index contributed by atoms with van der Waals surface area (Å²) in [6.07, 6.45) is 1.92. The Morgan fingerprint density at radius 1 is 1.24 bits per heavy atom. The largest absolute Gasteiger partial charge is 0.494 e. The lowest BCUT2D eigenvalue weighted by atomic mass is 10.2. The minimum atomic E-state index is -0.127. The van der Waals surface area contributed by atoms with Crippen LogP contribution in [0.3, 0.4) is 0 Å². The fraction of sp³-hybridized carbons (Fsp3) is 0.167. The third-order valence-electron chi connectivity index (χ3n) is 3.77. The number of hydrogen-bond donors (Lipinski definition) is 0. The SMILES string of the molecule is CCOc1ccc(-c2nc3sc(=Cc4sccc4C)c(=O)n3n2)cc1. The van der Waals surface area contributed by atoms with Crippen LogP contribution >= 0.6 is 22.7 Å². The van der Waals surface area contributed by atoms with Crippen molar-refractivity contribution < 1.29 is 4.74 Å². The molecule has 4 rings (SSSR count). The van der Waals surface area contributed by atoms with Gasteiger partial charge in [-0.3, -0.25) is 4.79 Å². The predicted molar refractivity (Wildman–Crippen MR) is 102 cm³/mol. The number of aromatic nitrogens is 3. The Balaban J connectivity index is 1.74. The van der Waals surface area contributed by atoms with E-state index in [0.717, 1.165) is 16.2 Å². The fourth-order valence-electron chi connectivity index (χ4n) is 2.47. The summed E-state index contributed by atoms with van der Waals surface area (Å²) < 4.78 is 7.47. The second kappa shape index (κ2) is 6.42. The van der Waals surface area contributed by atoms with Gasteiger partial charge in [0.2, 0.25) is 4.96 Å². The average molecular weight is 369 g/mol. The maximum absolute atomic E-state index is 12.6. The Labute approximate surface area is 151 Å². The number of thiazole rings is 1. The molecule has 0 aliphatic rings. The Hall–Kier alpha value is -2.51. The molecule has 4 aromatic rings. The van der Waals surface area contributed by atoms with Gasteiger partial charge in [0.25, 0.3) is 5.56 Å². The zero-order valence-corrected chi connectivity index (χ0v) is 15.4. The first kappa shape index (κ1) is 16.0. The molecule has 126 valence electrons. The van der Waals surface area contributed by atoms with Crippen molar-refractivity contribution in [2.24, 2.45) is 0 Å². The van der Waals surface area contributed by atoms with E-state index in [0.29, 0.717) is 21.9 Å². The molecule has 5 nitrogen and oxygen atoms in total. The van der Waals surface area contributed by atoms with E-state index in [9.17, 15) is 4.79 Å². The molecule has 0 fully saturated rings. The highest BCUT2D eigenvalue weighted by molar-refractivity contribution is 7.15. The molecule has 25 heavy (non-hydrogen) atoms. The number of thiophene rings is 1. The van der Waals surface area contributed by atoms with Crippen LogP contribution < -0.4 is 14.8 Å². The van der Waals surface area contributed by atoms with E-state index in [4.69, 9.17) is 4.74 Å². The summed E-state index contributed by atoms with van der Waals surface area (Å²) in [6.45, 7) is 4.61. The smallest absolute Gasteiger partial charge is 0.291 e. The number of aryl methyl sites for hydroxylation is 1. The second-order valence-electron chi connectivity index (χ2n) is 5.47. The van der Waals surface area contributed by atoms with Crippen molar-refractivity contribution in [3.05, 3.63) is 61.0 Å². The van der Waals surface area contributed by atoms with Crippen molar-refractivity contribution in [2.75, 3.05) is 6.61 Å². The van der Waals surface area contributed by atoms with Crippen molar-refractivity contribution in [1.82, 2.24) is 14.6 Å². The first-order chi connectivity index (χ1) is 12.2. The summed E-state index contributed by atoms with van der Waals surface area (Å²) in [5.41, 5.74) is 1.90. The molecular formula is C18H15N3O2S2. The van der Waals surface area contributed by atoms with Gasteiger partial charge >= 0.3 is 0 Å². The topological polar surface area (TPSA) is 56.5 Å². The molecule has 1 aromatic carbocycles. The van der Waals surface area contributed by atoms with E-state index in [2.05, 4.69) is 10.1 Å². The van der Waals surface area contributed by atoms with E-state index < -0.39 is 0 Å². The first-order valence-electron chi connectivity index (χ1n) is 7.84. The van der Waals surface area contributed by atoms with E-state index >= 15 is 0 Å². The summed E-state index contributed by atoms with van der Waals surface area (Å²) in [5, 5.41) is 6.40. The monoisotopic (exact) mass is 369 g/mol. The molecular weight excluding hydrogens is 354 g/mol. The Morgan fingerprint density at radius 3 is 2.68 bits per heavy atom. The Kier molecular flexibility index (Phi) is 4.10. The molecule has 0 aliphatic carbocycles. The van der Waals surface area contributed by atoms with Gasteiger partial charge in [0.15, 0.2) is 5.82 Å². The van der Waals surface area contributed by atoms with Crippen molar-refractivity contribution in [3.8, 4) is 17.1 Å². The van der Waals surface area contributed by atoms with Gasteiger partial charge in [-0.1, -0.05) is 11.3 Å². The fourth-order valence-corrected chi connectivity index (χ4v) is 4.30. The molecule has 3 aromatic heterocycles. The summed E-state index contributed by atoms with van der Waals surface area (Å²) in [4.78, 5) is 18.8. The van der Waals surface area contributed by atoms with Gasteiger partial charge in [-0.15, -0.1) is 16.4 Å². The van der Waals surface area contributed by atoms with Crippen LogP contribution in [0.15, 0.2) is 40.5 Å². The lowest BCUT2D eigenvalue weighted by molar-refractivity contribution is 0.340. The third kappa shape index (κ3) is 2.96. The van der Waals surface area contributed by atoms with Gasteiger partial charge < -0.3 is 4.74 Å². The van der Waals surface area contributed by atoms with E-state index in [1.54, 1.807) is 11.3 Å². The maximum atomic E-state index is 12.6. The number of hydrogen-bond acceptors (Lipinski definition) is 6. The highest BCUT2D eigenvalue weighted by Crippen LogP contribution is 2.21. The van der Waals surface area contributed by atoms with E-state index in [-0.39, 0.29) is 5.56 Å². The van der Waals surface area contributed by atoms with Crippen LogP contribution in [0.25, 0.3) is 22.4 Å². The molecule has 0 N–H and O–H groups in total. The van der Waals surface area contributed by atoms with Crippen LogP contribution in [-0.2, 0) is 0 Å². The number of nitrogens with zero attached hydrogens (tertiary/aromatic N) is 3. The zero-order chi connectivity index (χ0) is 17.4. The van der Waals surface area contributed by atoms with Crippen molar-refractivity contribution in [2.45, 2.75) is 13.8 Å². The summed E-state index contributed by atoms with van der Waals surface area (Å²) in [7, 11) is 0. The van der Waals surface area contributed by atoms with Gasteiger partial charge in [-0.2, -0.15) is 9.50 Å². The highest BCUT2D eigenvalue weighted by Gasteiger charge is 2.12. The molecule has 0 saturated carbocycles. The summed E-state index contributed by atoms with van der Waals surface area (Å²) in [5.74, 6) is 1.35. The molecule has 3 heterocycles. The molecule has 0 bridgehead atoms. The van der Waals surface area contributed by atoms with Gasteiger partial charge in [0.1, 0.15) is 5.75 Å². The predicted octanol–water partition coefficient (Wildman–Crippen LogP) is 3.13. The molecule has 0 saturated heterocycles. The minimum Gasteiger partial charge on any atom is -0.494 e. The van der Waals surface area contributed by atoms with Crippen LogP contribution in [0, 0.1) is 6.92 Å². The van der Waals surface area contributed by atoms with Gasteiger partial charge in [-0.25, -0.2) is 0 Å². The minimum absolute atomic E-state index is 0.127. The lowest BCUT2D eigenvalue weighted by Gasteiger charge is -2.02. The second-order valence-corrected chi connectivity index (χ2v) is 7.43. The van der Waals surface area contributed by atoms with Crippen LogP contribution in [0.2, 0.25) is 0 Å². The quantitative estimate of drug-likeness (QED) is 0.555. The molecule has 0 spiro atoms. The van der Waals surface area contributed by atoms with Crippen LogP contribution in [0.5, 0.6) is 5.75 Å². The Bertz CT molecular complexity index is 1140. The number of rotatable bonds is 4. The van der Waals surface area contributed by atoms with Gasteiger partial charge in [0.05, 0.1) is 11.1 Å². The normalized spacial score (nSPS) is 12.2. The number of fused-ring (bicyclic) bond motifs is 1. The average Bonchev–Trinajstić information content (AvgIpc) is 3.28. The molecule has 0 amide bonds. The molecule has 0 radical (unpaired) electrons. The maximum Gasteiger partial charge on any atom is 0.291 e. The van der Waals surface area contributed by atoms with Crippen molar-refractivity contribution in [3.63, 3.8) is 0 Å². The standard InChI is InChI=1S/C18H15N3O2S2/c1-3-23-13-6-4-12(5-7-13)16-19-18-21(20-16)17(22)15(25-18)10-14-11(2)8-9-24-14/h4-10H,3H2,1-2H3. The van der Waals surface area contributed by atoms with Crippen LogP contribution in [-0.4, -0.2) is 21.2 Å². The summed E-state index contributed by atoms with van der Waals surface area (Å²) in [6, 6.07) is 9.60. The van der Waals surface area contributed by atoms with E-state index in [1.807, 2.05) is 55.6 Å². The van der Waals surface area contributed by atoms with Gasteiger partial charge in [-0.05, 0) is 61.2 Å². The lowest BCUT2D eigenvalue weighted by Crippen LogP contribution is -2.23.